The molecule has 102 valence electrons. The van der Waals surface area contributed by atoms with Crippen molar-refractivity contribution < 1.29 is 14.3 Å². The molecule has 0 radical (unpaired) electrons. The van der Waals surface area contributed by atoms with Crippen LogP contribution in [0.1, 0.15) is 12.5 Å². The van der Waals surface area contributed by atoms with Crippen molar-refractivity contribution in [1.29, 1.82) is 0 Å². The molecule has 1 fully saturated rings. The Balaban J connectivity index is 1.91. The van der Waals surface area contributed by atoms with Crippen LogP contribution in [0.3, 0.4) is 0 Å². The van der Waals surface area contributed by atoms with E-state index in [9.17, 15) is 4.79 Å². The first-order valence-electron chi connectivity index (χ1n) is 6.57. The fourth-order valence-electron chi connectivity index (χ4n) is 1.90. The highest BCUT2D eigenvalue weighted by Gasteiger charge is 2.13. The summed E-state index contributed by atoms with van der Waals surface area (Å²) in [6.45, 7) is 5.21. The molecule has 2 rings (SSSR count). The van der Waals surface area contributed by atoms with E-state index < -0.39 is 0 Å². The Bertz CT molecular complexity index is 433. The molecule has 19 heavy (non-hydrogen) atoms. The molecule has 0 aliphatic carbocycles. The molecule has 4 nitrogen and oxygen atoms in total. The first kappa shape index (κ1) is 13.6. The Morgan fingerprint density at radius 2 is 2.00 bits per heavy atom. The predicted molar refractivity (Wildman–Crippen MR) is 74.0 cm³/mol. The van der Waals surface area contributed by atoms with E-state index in [2.05, 4.69) is 0 Å². The van der Waals surface area contributed by atoms with Crippen LogP contribution in [0.25, 0.3) is 6.08 Å². The maximum Gasteiger partial charge on any atom is 0.246 e. The summed E-state index contributed by atoms with van der Waals surface area (Å²) in [6.07, 6.45) is 3.44. The number of ether oxygens (including phenoxy) is 2. The van der Waals surface area contributed by atoms with Crippen LogP contribution >= 0.6 is 0 Å². The van der Waals surface area contributed by atoms with Gasteiger partial charge in [0, 0.05) is 19.2 Å². The average Bonchev–Trinajstić information content (AvgIpc) is 2.47. The van der Waals surface area contributed by atoms with Gasteiger partial charge in [0.2, 0.25) is 5.91 Å². The number of benzene rings is 1. The van der Waals surface area contributed by atoms with Crippen molar-refractivity contribution >= 4 is 12.0 Å². The lowest BCUT2D eigenvalue weighted by molar-refractivity contribution is -0.129. The quantitative estimate of drug-likeness (QED) is 0.778. The molecule has 0 atom stereocenters. The zero-order chi connectivity index (χ0) is 13.5. The molecule has 1 aromatic carbocycles. The third-order valence-electron chi connectivity index (χ3n) is 2.93. The number of hydrogen-bond donors (Lipinski definition) is 0. The number of morpholine rings is 1. The molecule has 0 aromatic heterocycles. The van der Waals surface area contributed by atoms with E-state index in [-0.39, 0.29) is 5.91 Å². The maximum atomic E-state index is 11.9. The van der Waals surface area contributed by atoms with Gasteiger partial charge in [-0.25, -0.2) is 0 Å². The lowest BCUT2D eigenvalue weighted by Gasteiger charge is -2.25. The molecule has 4 heteroatoms. The van der Waals surface area contributed by atoms with Gasteiger partial charge in [-0.15, -0.1) is 0 Å². The molecule has 0 N–H and O–H groups in total. The number of nitrogens with zero attached hydrogens (tertiary/aromatic N) is 1. The first-order chi connectivity index (χ1) is 9.29. The summed E-state index contributed by atoms with van der Waals surface area (Å²) in [7, 11) is 0. The molecule has 1 aliphatic heterocycles. The van der Waals surface area contributed by atoms with Gasteiger partial charge in [-0.1, -0.05) is 12.1 Å². The van der Waals surface area contributed by atoms with Gasteiger partial charge in [-0.05, 0) is 30.7 Å². The largest absolute Gasteiger partial charge is 0.494 e. The lowest BCUT2D eigenvalue weighted by atomic mass is 10.2. The highest BCUT2D eigenvalue weighted by molar-refractivity contribution is 5.91. The molecule has 0 unspecified atom stereocenters. The van der Waals surface area contributed by atoms with Gasteiger partial charge in [0.1, 0.15) is 5.75 Å². The first-order valence-corrected chi connectivity index (χ1v) is 6.57. The summed E-state index contributed by atoms with van der Waals surface area (Å²) in [6, 6.07) is 7.69. The fraction of sp³-hybridized carbons (Fsp3) is 0.400. The normalized spacial score (nSPS) is 15.7. The lowest BCUT2D eigenvalue weighted by Crippen LogP contribution is -2.39. The van der Waals surface area contributed by atoms with Gasteiger partial charge >= 0.3 is 0 Å². The summed E-state index contributed by atoms with van der Waals surface area (Å²) in [4.78, 5) is 13.7. The van der Waals surface area contributed by atoms with E-state index in [4.69, 9.17) is 9.47 Å². The van der Waals surface area contributed by atoms with Crippen molar-refractivity contribution in [1.82, 2.24) is 4.90 Å². The summed E-state index contributed by atoms with van der Waals surface area (Å²) >= 11 is 0. The molecule has 0 spiro atoms. The molecule has 0 saturated carbocycles. The summed E-state index contributed by atoms with van der Waals surface area (Å²) in [5.74, 6) is 0.886. The van der Waals surface area contributed by atoms with Crippen molar-refractivity contribution in [2.75, 3.05) is 32.9 Å². The van der Waals surface area contributed by atoms with E-state index in [0.29, 0.717) is 32.9 Å². The van der Waals surface area contributed by atoms with Crippen LogP contribution in [0.15, 0.2) is 30.3 Å². The molecule has 1 amide bonds. The summed E-state index contributed by atoms with van der Waals surface area (Å²) in [5, 5.41) is 0. The van der Waals surface area contributed by atoms with Gasteiger partial charge in [0.05, 0.1) is 19.8 Å². The topological polar surface area (TPSA) is 38.8 Å². The third kappa shape index (κ3) is 4.10. The molecule has 1 saturated heterocycles. The summed E-state index contributed by atoms with van der Waals surface area (Å²) < 4.78 is 10.6. The van der Waals surface area contributed by atoms with Crippen LogP contribution < -0.4 is 4.74 Å². The number of carbonyl (C=O) groups is 1. The second-order valence-corrected chi connectivity index (χ2v) is 4.27. The number of hydrogen-bond acceptors (Lipinski definition) is 3. The summed E-state index contributed by atoms with van der Waals surface area (Å²) in [5.41, 5.74) is 0.991. The standard InChI is InChI=1S/C15H19NO3/c1-2-19-14-6-3-13(4-7-14)5-8-15(17)16-9-11-18-12-10-16/h3-8H,2,9-12H2,1H3/b8-5-. The Morgan fingerprint density at radius 1 is 1.32 bits per heavy atom. The highest BCUT2D eigenvalue weighted by atomic mass is 16.5. The van der Waals surface area contributed by atoms with Crippen molar-refractivity contribution in [3.05, 3.63) is 35.9 Å². The van der Waals surface area contributed by atoms with Crippen LogP contribution in [0.4, 0.5) is 0 Å². The van der Waals surface area contributed by atoms with Gasteiger partial charge in [-0.3, -0.25) is 4.79 Å². The zero-order valence-corrected chi connectivity index (χ0v) is 11.2. The molecule has 1 aromatic rings. The highest BCUT2D eigenvalue weighted by Crippen LogP contribution is 2.13. The Hall–Kier alpha value is -1.81. The van der Waals surface area contributed by atoms with E-state index in [1.54, 1.807) is 11.0 Å². The van der Waals surface area contributed by atoms with E-state index in [1.165, 1.54) is 0 Å². The number of carbonyl (C=O) groups excluding carboxylic acids is 1. The minimum atomic E-state index is 0.0391. The Kier molecular flexibility index (Phi) is 4.98. The third-order valence-corrected chi connectivity index (χ3v) is 2.93. The second-order valence-electron chi connectivity index (χ2n) is 4.27. The van der Waals surface area contributed by atoms with Crippen LogP contribution in [0.5, 0.6) is 5.75 Å². The molecular weight excluding hydrogens is 242 g/mol. The van der Waals surface area contributed by atoms with E-state index in [0.717, 1.165) is 11.3 Å². The van der Waals surface area contributed by atoms with Crippen molar-refractivity contribution in [2.45, 2.75) is 6.92 Å². The minimum Gasteiger partial charge on any atom is -0.494 e. The fourth-order valence-corrected chi connectivity index (χ4v) is 1.90. The number of rotatable bonds is 4. The van der Waals surface area contributed by atoms with Crippen LogP contribution in [-0.4, -0.2) is 43.7 Å². The van der Waals surface area contributed by atoms with Crippen molar-refractivity contribution in [3.63, 3.8) is 0 Å². The van der Waals surface area contributed by atoms with Crippen LogP contribution in [0, 0.1) is 0 Å². The predicted octanol–water partition coefficient (Wildman–Crippen LogP) is 1.96. The van der Waals surface area contributed by atoms with E-state index >= 15 is 0 Å². The molecule has 1 heterocycles. The smallest absolute Gasteiger partial charge is 0.246 e. The van der Waals surface area contributed by atoms with E-state index in [1.807, 2.05) is 37.3 Å². The zero-order valence-electron chi connectivity index (χ0n) is 11.2. The van der Waals surface area contributed by atoms with Gasteiger partial charge in [0.25, 0.3) is 0 Å². The monoisotopic (exact) mass is 261 g/mol. The minimum absolute atomic E-state index is 0.0391. The van der Waals surface area contributed by atoms with Gasteiger partial charge < -0.3 is 14.4 Å². The Labute approximate surface area is 113 Å². The molecule has 0 bridgehead atoms. The van der Waals surface area contributed by atoms with Crippen molar-refractivity contribution in [2.24, 2.45) is 0 Å². The van der Waals surface area contributed by atoms with Gasteiger partial charge in [-0.2, -0.15) is 0 Å². The van der Waals surface area contributed by atoms with Crippen LogP contribution in [-0.2, 0) is 9.53 Å². The van der Waals surface area contributed by atoms with Crippen molar-refractivity contribution in [3.8, 4) is 5.75 Å². The molecule has 1 aliphatic rings. The number of amides is 1. The SMILES string of the molecule is CCOc1ccc(/C=C\C(=O)N2CCOCC2)cc1. The second kappa shape index (κ2) is 6.95. The molecular formula is C15H19NO3. The Morgan fingerprint density at radius 3 is 2.63 bits per heavy atom. The van der Waals surface area contributed by atoms with Gasteiger partial charge in [0.15, 0.2) is 0 Å². The maximum absolute atomic E-state index is 11.9. The van der Waals surface area contributed by atoms with Crippen LogP contribution in [0.2, 0.25) is 0 Å². The average molecular weight is 261 g/mol.